The number of piperidine rings is 1. The molecule has 2 aromatic carbocycles. The van der Waals surface area contributed by atoms with Crippen molar-refractivity contribution in [3.8, 4) is 23.0 Å². The van der Waals surface area contributed by atoms with Crippen LogP contribution in [0.1, 0.15) is 42.6 Å². The molecule has 0 aliphatic carbocycles. The van der Waals surface area contributed by atoms with Crippen LogP contribution in [0.3, 0.4) is 0 Å². The molecule has 2 atom stereocenters. The van der Waals surface area contributed by atoms with Gasteiger partial charge in [-0.15, -0.1) is 0 Å². The minimum Gasteiger partial charge on any atom is -0.497 e. The van der Waals surface area contributed by atoms with Crippen molar-refractivity contribution < 1.29 is 29.2 Å². The number of hydrogen-bond donors (Lipinski definition) is 2. The van der Waals surface area contributed by atoms with Crippen LogP contribution in [0.15, 0.2) is 36.4 Å². The van der Waals surface area contributed by atoms with Gasteiger partial charge in [0.1, 0.15) is 17.1 Å². The number of rotatable bonds is 6. The molecule has 1 fully saturated rings. The summed E-state index contributed by atoms with van der Waals surface area (Å²) < 4.78 is 22.3. The predicted octanol–water partition coefficient (Wildman–Crippen LogP) is 3.10. The van der Waals surface area contributed by atoms with Crippen molar-refractivity contribution in [2.45, 2.75) is 37.1 Å². The highest BCUT2D eigenvalue weighted by molar-refractivity contribution is 5.44. The van der Waals surface area contributed by atoms with E-state index in [1.807, 2.05) is 36.4 Å². The van der Waals surface area contributed by atoms with E-state index in [1.165, 1.54) is 0 Å². The summed E-state index contributed by atoms with van der Waals surface area (Å²) in [6.45, 7) is 2.10. The molecule has 7 nitrogen and oxygen atoms in total. The Hall–Kier alpha value is -2.48. The van der Waals surface area contributed by atoms with Gasteiger partial charge in [0.15, 0.2) is 11.5 Å². The second-order valence-corrected chi connectivity index (χ2v) is 8.34. The summed E-state index contributed by atoms with van der Waals surface area (Å²) in [4.78, 5) is 2.24. The lowest BCUT2D eigenvalue weighted by Gasteiger charge is -2.46. The number of fused-ring (bicyclic) bond motifs is 1. The maximum Gasteiger partial charge on any atom is 0.161 e. The Kier molecular flexibility index (Phi) is 6.27. The molecule has 168 valence electrons. The molecule has 2 aromatic rings. The molecule has 0 amide bonds. The molecule has 0 bridgehead atoms. The smallest absolute Gasteiger partial charge is 0.161 e. The first kappa shape index (κ1) is 21.7. The third-order valence-electron chi connectivity index (χ3n) is 6.46. The Labute approximate surface area is 183 Å². The average molecular weight is 430 g/mol. The SMILES string of the molecule is COc1ccc2c(c1)OC1(CCN(C[C@@H](O)c3ccc(OC)c(OC)c3)CC1)C[C@@H]2O. The Morgan fingerprint density at radius 1 is 1.03 bits per heavy atom. The minimum absolute atomic E-state index is 0.385. The maximum atomic E-state index is 10.8. The van der Waals surface area contributed by atoms with Crippen LogP contribution in [-0.4, -0.2) is 61.7 Å². The zero-order valence-electron chi connectivity index (χ0n) is 18.3. The molecule has 2 N–H and O–H groups in total. The molecule has 2 aliphatic rings. The Morgan fingerprint density at radius 3 is 2.45 bits per heavy atom. The number of benzene rings is 2. The van der Waals surface area contributed by atoms with Gasteiger partial charge in [0.25, 0.3) is 0 Å². The number of nitrogens with zero attached hydrogens (tertiary/aromatic N) is 1. The predicted molar refractivity (Wildman–Crippen MR) is 116 cm³/mol. The average Bonchev–Trinajstić information content (AvgIpc) is 2.79. The van der Waals surface area contributed by atoms with Crippen molar-refractivity contribution >= 4 is 0 Å². The van der Waals surface area contributed by atoms with Crippen molar-refractivity contribution in [1.82, 2.24) is 4.90 Å². The molecule has 7 heteroatoms. The number of β-amino-alcohol motifs (C(OH)–C–C–N with tert-alkyl or cyclic N) is 1. The third-order valence-corrected chi connectivity index (χ3v) is 6.46. The van der Waals surface area contributed by atoms with Crippen LogP contribution in [-0.2, 0) is 0 Å². The summed E-state index contributed by atoms with van der Waals surface area (Å²) in [7, 11) is 4.81. The molecule has 1 spiro atoms. The Morgan fingerprint density at radius 2 is 1.77 bits per heavy atom. The van der Waals surface area contributed by atoms with Crippen molar-refractivity contribution in [2.75, 3.05) is 41.0 Å². The molecular weight excluding hydrogens is 398 g/mol. The number of ether oxygens (including phenoxy) is 4. The van der Waals surface area contributed by atoms with E-state index in [2.05, 4.69) is 4.90 Å². The maximum absolute atomic E-state index is 10.8. The van der Waals surface area contributed by atoms with Gasteiger partial charge in [-0.25, -0.2) is 0 Å². The molecule has 0 saturated carbocycles. The van der Waals surface area contributed by atoms with Gasteiger partial charge in [0.2, 0.25) is 0 Å². The summed E-state index contributed by atoms with van der Waals surface area (Å²) in [5.74, 6) is 2.68. The van der Waals surface area contributed by atoms with Crippen LogP contribution in [0.5, 0.6) is 23.0 Å². The van der Waals surface area contributed by atoms with Gasteiger partial charge in [-0.3, -0.25) is 0 Å². The molecule has 4 rings (SSSR count). The second-order valence-electron chi connectivity index (χ2n) is 8.34. The Balaban J connectivity index is 1.39. The topological polar surface area (TPSA) is 80.6 Å². The molecule has 31 heavy (non-hydrogen) atoms. The van der Waals surface area contributed by atoms with Gasteiger partial charge in [0, 0.05) is 37.7 Å². The first-order valence-electron chi connectivity index (χ1n) is 10.6. The zero-order valence-corrected chi connectivity index (χ0v) is 18.3. The van der Waals surface area contributed by atoms with Crippen LogP contribution in [0.25, 0.3) is 0 Å². The first-order valence-corrected chi connectivity index (χ1v) is 10.6. The summed E-state index contributed by atoms with van der Waals surface area (Å²) in [5.41, 5.74) is 1.23. The third kappa shape index (κ3) is 4.44. The lowest BCUT2D eigenvalue weighted by Crippen LogP contribution is -2.51. The molecule has 0 aromatic heterocycles. The highest BCUT2D eigenvalue weighted by Crippen LogP contribution is 2.45. The molecule has 0 unspecified atom stereocenters. The standard InChI is InChI=1S/C24H31NO6/c1-28-17-5-6-18-19(26)14-24(31-22(18)13-17)8-10-25(11-9-24)15-20(27)16-4-7-21(29-2)23(12-16)30-3/h4-7,12-13,19-20,26-27H,8-11,14-15H2,1-3H3/t19-,20+/m0/s1. The van der Waals surface area contributed by atoms with Crippen molar-refractivity contribution in [3.05, 3.63) is 47.5 Å². The molecule has 2 aliphatic heterocycles. The van der Waals surface area contributed by atoms with E-state index in [-0.39, 0.29) is 5.60 Å². The monoisotopic (exact) mass is 429 g/mol. The number of aliphatic hydroxyl groups is 2. The Bertz CT molecular complexity index is 909. The summed E-state index contributed by atoms with van der Waals surface area (Å²) in [6.07, 6.45) is 0.993. The van der Waals surface area contributed by atoms with Gasteiger partial charge >= 0.3 is 0 Å². The minimum atomic E-state index is -0.628. The molecule has 0 radical (unpaired) electrons. The fraction of sp³-hybridized carbons (Fsp3) is 0.500. The first-order chi connectivity index (χ1) is 15.0. The van der Waals surface area contributed by atoms with Crippen LogP contribution in [0, 0.1) is 0 Å². The van der Waals surface area contributed by atoms with Crippen LogP contribution < -0.4 is 18.9 Å². The number of methoxy groups -OCH3 is 3. The van der Waals surface area contributed by atoms with Crippen LogP contribution in [0.4, 0.5) is 0 Å². The van der Waals surface area contributed by atoms with Crippen LogP contribution >= 0.6 is 0 Å². The number of likely N-dealkylation sites (tertiary alicyclic amines) is 1. The lowest BCUT2D eigenvalue weighted by atomic mass is 9.81. The van der Waals surface area contributed by atoms with E-state index in [9.17, 15) is 10.2 Å². The highest BCUT2D eigenvalue weighted by atomic mass is 16.5. The zero-order chi connectivity index (χ0) is 22.0. The summed E-state index contributed by atoms with van der Waals surface area (Å²) >= 11 is 0. The fourth-order valence-corrected chi connectivity index (χ4v) is 4.60. The van der Waals surface area contributed by atoms with Crippen LogP contribution in [0.2, 0.25) is 0 Å². The highest BCUT2D eigenvalue weighted by Gasteiger charge is 2.43. The van der Waals surface area contributed by atoms with E-state index in [0.29, 0.717) is 30.2 Å². The van der Waals surface area contributed by atoms with Gasteiger partial charge < -0.3 is 34.1 Å². The lowest BCUT2D eigenvalue weighted by molar-refractivity contribution is -0.0588. The molecular formula is C24H31NO6. The summed E-state index contributed by atoms with van der Waals surface area (Å²) in [5, 5.41) is 21.5. The van der Waals surface area contributed by atoms with Gasteiger partial charge in [0.05, 0.1) is 33.5 Å². The second kappa shape index (κ2) is 8.94. The quantitative estimate of drug-likeness (QED) is 0.730. The van der Waals surface area contributed by atoms with E-state index >= 15 is 0 Å². The van der Waals surface area contributed by atoms with Gasteiger partial charge in [-0.1, -0.05) is 6.07 Å². The normalized spacial score (nSPS) is 21.1. The largest absolute Gasteiger partial charge is 0.497 e. The number of aliphatic hydroxyl groups excluding tert-OH is 2. The van der Waals surface area contributed by atoms with Gasteiger partial charge in [-0.05, 0) is 42.7 Å². The fourth-order valence-electron chi connectivity index (χ4n) is 4.60. The van der Waals surface area contributed by atoms with E-state index in [4.69, 9.17) is 18.9 Å². The van der Waals surface area contributed by atoms with Crippen molar-refractivity contribution in [1.29, 1.82) is 0 Å². The van der Waals surface area contributed by atoms with E-state index < -0.39 is 12.2 Å². The van der Waals surface area contributed by atoms with Crippen molar-refractivity contribution in [2.24, 2.45) is 0 Å². The molecule has 1 saturated heterocycles. The summed E-state index contributed by atoms with van der Waals surface area (Å²) in [6, 6.07) is 11.1. The van der Waals surface area contributed by atoms with Crippen molar-refractivity contribution in [3.63, 3.8) is 0 Å². The van der Waals surface area contributed by atoms with E-state index in [1.54, 1.807) is 21.3 Å². The van der Waals surface area contributed by atoms with Gasteiger partial charge in [-0.2, -0.15) is 0 Å². The van der Waals surface area contributed by atoms with E-state index in [0.717, 1.165) is 42.8 Å². The number of hydrogen-bond acceptors (Lipinski definition) is 7. The molecule has 2 heterocycles.